The van der Waals surface area contributed by atoms with Gasteiger partial charge in [-0.05, 0) is 87.0 Å². The Balaban J connectivity index is 1.15. The highest BCUT2D eigenvalue weighted by Gasteiger charge is 2.50. The summed E-state index contributed by atoms with van der Waals surface area (Å²) in [4.78, 5) is 20.2. The van der Waals surface area contributed by atoms with Gasteiger partial charge in [-0.1, -0.05) is 56.3 Å². The molecule has 2 atom stereocenters. The SMILES string of the molecule is CC(C)c1ccccc1C1CN(CC2CCOc3ccccc32)CCN1C1CC2(CCN(C(=O)OC(C)(C)C)CC2)C1. The van der Waals surface area contributed by atoms with Crippen LogP contribution in [0.15, 0.2) is 48.5 Å². The van der Waals surface area contributed by atoms with Crippen LogP contribution in [-0.4, -0.2) is 78.3 Å². The molecule has 3 heterocycles. The minimum absolute atomic E-state index is 0.151. The summed E-state index contributed by atoms with van der Waals surface area (Å²) in [5.41, 5.74) is 4.33. The van der Waals surface area contributed by atoms with E-state index in [1.165, 1.54) is 29.5 Å². The Morgan fingerprint density at radius 1 is 0.976 bits per heavy atom. The molecular formula is C36H51N3O3. The van der Waals surface area contributed by atoms with E-state index in [4.69, 9.17) is 9.47 Å². The van der Waals surface area contributed by atoms with E-state index in [0.29, 0.717) is 29.3 Å². The number of hydrogen-bond donors (Lipinski definition) is 0. The topological polar surface area (TPSA) is 45.2 Å². The van der Waals surface area contributed by atoms with Gasteiger partial charge in [-0.15, -0.1) is 0 Å². The summed E-state index contributed by atoms with van der Waals surface area (Å²) in [6.45, 7) is 17.4. The number of carbonyl (C=O) groups is 1. The van der Waals surface area contributed by atoms with Crippen molar-refractivity contribution in [2.45, 2.75) is 96.2 Å². The predicted molar refractivity (Wildman–Crippen MR) is 168 cm³/mol. The zero-order valence-electron chi connectivity index (χ0n) is 26.5. The fraction of sp³-hybridized carbons (Fsp3) is 0.639. The Kier molecular flexibility index (Phi) is 8.32. The number of likely N-dealkylation sites (tertiary alicyclic amines) is 1. The third-order valence-electron chi connectivity index (χ3n) is 10.3. The van der Waals surface area contributed by atoms with Crippen LogP contribution in [0.1, 0.15) is 101 Å². The minimum atomic E-state index is -0.439. The van der Waals surface area contributed by atoms with Crippen LogP contribution in [-0.2, 0) is 4.74 Å². The predicted octanol–water partition coefficient (Wildman–Crippen LogP) is 7.21. The van der Waals surface area contributed by atoms with Crippen LogP contribution in [0, 0.1) is 5.41 Å². The van der Waals surface area contributed by atoms with Crippen LogP contribution in [0.3, 0.4) is 0 Å². The quantitative estimate of drug-likeness (QED) is 0.378. The van der Waals surface area contributed by atoms with Gasteiger partial charge >= 0.3 is 6.09 Å². The number of para-hydroxylation sites is 1. The zero-order valence-corrected chi connectivity index (χ0v) is 26.5. The molecule has 1 spiro atoms. The van der Waals surface area contributed by atoms with Gasteiger partial charge in [0.25, 0.3) is 0 Å². The molecule has 2 aromatic carbocycles. The average Bonchev–Trinajstić information content (AvgIpc) is 2.95. The molecule has 1 aliphatic carbocycles. The Labute approximate surface area is 253 Å². The molecule has 6 nitrogen and oxygen atoms in total. The van der Waals surface area contributed by atoms with Crippen molar-refractivity contribution in [2.75, 3.05) is 45.9 Å². The van der Waals surface area contributed by atoms with Crippen molar-refractivity contribution in [2.24, 2.45) is 5.41 Å². The standard InChI is InChI=1S/C36H51N3O3/c1-26(2)29-10-6-7-12-31(29)32-25-37(24-27-14-21-41-33-13-9-8-11-30(27)33)19-20-39(32)28-22-36(23-28)15-17-38(18-16-36)34(40)42-35(3,4)5/h6-13,26-28,32H,14-25H2,1-5H3. The number of hydrogen-bond acceptors (Lipinski definition) is 5. The maximum atomic E-state index is 12.7. The Morgan fingerprint density at radius 2 is 1.67 bits per heavy atom. The number of ether oxygens (including phenoxy) is 2. The van der Waals surface area contributed by atoms with Crippen molar-refractivity contribution in [3.05, 3.63) is 65.2 Å². The molecule has 2 aromatic rings. The van der Waals surface area contributed by atoms with Gasteiger partial charge in [-0.25, -0.2) is 4.79 Å². The van der Waals surface area contributed by atoms with E-state index in [0.717, 1.165) is 70.9 Å². The summed E-state index contributed by atoms with van der Waals surface area (Å²) in [5, 5.41) is 0. The van der Waals surface area contributed by atoms with Crippen LogP contribution < -0.4 is 4.74 Å². The summed E-state index contributed by atoms with van der Waals surface area (Å²) in [6, 6.07) is 18.9. The first-order chi connectivity index (χ1) is 20.1. The molecule has 0 N–H and O–H groups in total. The van der Waals surface area contributed by atoms with Crippen LogP contribution in [0.4, 0.5) is 4.79 Å². The number of carbonyl (C=O) groups excluding carboxylic acids is 1. The van der Waals surface area contributed by atoms with Crippen LogP contribution in [0.5, 0.6) is 5.75 Å². The van der Waals surface area contributed by atoms with Crippen molar-refractivity contribution in [1.29, 1.82) is 0 Å². The van der Waals surface area contributed by atoms with Gasteiger partial charge in [-0.3, -0.25) is 9.80 Å². The molecule has 2 unspecified atom stereocenters. The number of amides is 1. The lowest BCUT2D eigenvalue weighted by atomic mass is 9.59. The highest BCUT2D eigenvalue weighted by Crippen LogP contribution is 2.53. The monoisotopic (exact) mass is 573 g/mol. The second-order valence-electron chi connectivity index (χ2n) is 14.7. The van der Waals surface area contributed by atoms with Crippen LogP contribution >= 0.6 is 0 Å². The second kappa shape index (κ2) is 11.8. The van der Waals surface area contributed by atoms with E-state index >= 15 is 0 Å². The molecule has 1 saturated carbocycles. The number of piperidine rings is 1. The Bertz CT molecular complexity index is 1240. The number of rotatable bonds is 5. The summed E-state index contributed by atoms with van der Waals surface area (Å²) in [7, 11) is 0. The number of fused-ring (bicyclic) bond motifs is 1. The summed E-state index contributed by atoms with van der Waals surface area (Å²) < 4.78 is 11.6. The molecule has 6 heteroatoms. The van der Waals surface area contributed by atoms with Gasteiger partial charge in [0.05, 0.1) is 6.61 Å². The molecule has 1 amide bonds. The van der Waals surface area contributed by atoms with E-state index in [-0.39, 0.29) is 6.09 Å². The molecule has 228 valence electrons. The molecule has 0 radical (unpaired) electrons. The molecule has 42 heavy (non-hydrogen) atoms. The molecule has 4 aliphatic rings. The first-order valence-electron chi connectivity index (χ1n) is 16.4. The Hall–Kier alpha value is -2.57. The molecule has 6 rings (SSSR count). The summed E-state index contributed by atoms with van der Waals surface area (Å²) >= 11 is 0. The lowest BCUT2D eigenvalue weighted by molar-refractivity contribution is -0.0780. The van der Waals surface area contributed by atoms with E-state index in [1.54, 1.807) is 0 Å². The van der Waals surface area contributed by atoms with Gasteiger partial charge in [0, 0.05) is 57.3 Å². The molecular weight excluding hydrogens is 522 g/mol. The van der Waals surface area contributed by atoms with Crippen molar-refractivity contribution < 1.29 is 14.3 Å². The molecule has 2 saturated heterocycles. The summed E-state index contributed by atoms with van der Waals surface area (Å²) in [6.07, 6.45) is 5.64. The minimum Gasteiger partial charge on any atom is -0.493 e. The van der Waals surface area contributed by atoms with E-state index in [1.807, 2.05) is 25.7 Å². The summed E-state index contributed by atoms with van der Waals surface area (Å²) in [5.74, 6) is 2.11. The van der Waals surface area contributed by atoms with E-state index in [9.17, 15) is 4.79 Å². The van der Waals surface area contributed by atoms with Crippen molar-refractivity contribution in [3.63, 3.8) is 0 Å². The van der Waals surface area contributed by atoms with Gasteiger partial charge in [0.1, 0.15) is 11.4 Å². The lowest BCUT2D eigenvalue weighted by Gasteiger charge is -2.58. The third kappa shape index (κ3) is 6.21. The zero-order chi connectivity index (χ0) is 29.5. The van der Waals surface area contributed by atoms with Gasteiger partial charge < -0.3 is 14.4 Å². The smallest absolute Gasteiger partial charge is 0.410 e. The molecule has 0 aromatic heterocycles. The Morgan fingerprint density at radius 3 is 2.38 bits per heavy atom. The third-order valence-corrected chi connectivity index (χ3v) is 10.3. The first-order valence-corrected chi connectivity index (χ1v) is 16.4. The van der Waals surface area contributed by atoms with Gasteiger partial charge in [-0.2, -0.15) is 0 Å². The van der Waals surface area contributed by atoms with Gasteiger partial charge in [0.15, 0.2) is 0 Å². The molecule has 3 aliphatic heterocycles. The number of piperazine rings is 1. The fourth-order valence-electron chi connectivity index (χ4n) is 8.06. The molecule has 3 fully saturated rings. The highest BCUT2D eigenvalue weighted by atomic mass is 16.6. The van der Waals surface area contributed by atoms with E-state index in [2.05, 4.69) is 72.2 Å². The van der Waals surface area contributed by atoms with Crippen LogP contribution in [0.2, 0.25) is 0 Å². The lowest BCUT2D eigenvalue weighted by Crippen LogP contribution is -2.60. The maximum absolute atomic E-state index is 12.7. The average molecular weight is 574 g/mol. The van der Waals surface area contributed by atoms with Crippen molar-refractivity contribution in [1.82, 2.24) is 14.7 Å². The normalized spacial score (nSPS) is 25.1. The maximum Gasteiger partial charge on any atom is 0.410 e. The second-order valence-corrected chi connectivity index (χ2v) is 14.7. The van der Waals surface area contributed by atoms with Crippen LogP contribution in [0.25, 0.3) is 0 Å². The first kappa shape index (κ1) is 29.5. The van der Waals surface area contributed by atoms with Crippen molar-refractivity contribution >= 4 is 6.09 Å². The largest absolute Gasteiger partial charge is 0.493 e. The van der Waals surface area contributed by atoms with E-state index < -0.39 is 5.60 Å². The molecule has 0 bridgehead atoms. The number of nitrogens with zero attached hydrogens (tertiary/aromatic N) is 3. The van der Waals surface area contributed by atoms with Gasteiger partial charge in [0.2, 0.25) is 0 Å². The highest BCUT2D eigenvalue weighted by molar-refractivity contribution is 5.68. The fourth-order valence-corrected chi connectivity index (χ4v) is 8.06. The van der Waals surface area contributed by atoms with Crippen molar-refractivity contribution in [3.8, 4) is 5.75 Å². The number of benzene rings is 2.